The molecule has 0 radical (unpaired) electrons. The minimum atomic E-state index is -0.666. The molecule has 1 aliphatic heterocycles. The second-order valence-corrected chi connectivity index (χ2v) is 8.34. The lowest BCUT2D eigenvalue weighted by Crippen LogP contribution is -2.47. The van der Waals surface area contributed by atoms with E-state index in [4.69, 9.17) is 15.2 Å². The summed E-state index contributed by atoms with van der Waals surface area (Å²) in [7, 11) is 0. The third-order valence-corrected chi connectivity index (χ3v) is 5.62. The molecule has 1 aromatic heterocycles. The van der Waals surface area contributed by atoms with Crippen molar-refractivity contribution in [3.05, 3.63) is 84.3 Å². The van der Waals surface area contributed by atoms with Crippen LogP contribution in [-0.2, 0) is 4.79 Å². The largest absolute Gasteiger partial charge is 0.457 e. The number of benzene rings is 2. The zero-order chi connectivity index (χ0) is 25.5. The average molecular weight is 491 g/mol. The van der Waals surface area contributed by atoms with Crippen LogP contribution in [0.15, 0.2) is 72.9 Å². The number of allylic oxidation sites excluding steroid dienone is 1. The van der Waals surface area contributed by atoms with E-state index in [1.165, 1.54) is 18.2 Å². The van der Waals surface area contributed by atoms with Gasteiger partial charge in [-0.25, -0.2) is 9.37 Å². The molecule has 0 spiro atoms. The molecule has 4 rings (SSSR count). The zero-order valence-corrected chi connectivity index (χ0v) is 19.8. The highest BCUT2D eigenvalue weighted by atomic mass is 19.1. The summed E-state index contributed by atoms with van der Waals surface area (Å²) < 4.78 is 24.8. The molecule has 0 saturated carbocycles. The number of carbonyl (C=O) groups excluding carboxylic acids is 2. The second kappa shape index (κ2) is 11.4. The van der Waals surface area contributed by atoms with E-state index in [1.54, 1.807) is 61.7 Å². The summed E-state index contributed by atoms with van der Waals surface area (Å²) >= 11 is 0. The monoisotopic (exact) mass is 490 g/mol. The summed E-state index contributed by atoms with van der Waals surface area (Å²) in [5.41, 5.74) is 6.49. The van der Waals surface area contributed by atoms with Gasteiger partial charge in [0.25, 0.3) is 5.91 Å². The Labute approximate surface area is 208 Å². The van der Waals surface area contributed by atoms with E-state index in [0.717, 1.165) is 25.1 Å². The molecule has 0 bridgehead atoms. The number of pyridine rings is 1. The van der Waals surface area contributed by atoms with Crippen LogP contribution in [0.5, 0.6) is 23.1 Å². The Balaban J connectivity index is 1.45. The maximum absolute atomic E-state index is 13.4. The quantitative estimate of drug-likeness (QED) is 0.448. The molecule has 3 aromatic rings. The minimum Gasteiger partial charge on any atom is -0.457 e. The summed E-state index contributed by atoms with van der Waals surface area (Å²) in [5.74, 6) is 0.191. The Morgan fingerprint density at radius 3 is 2.56 bits per heavy atom. The van der Waals surface area contributed by atoms with Gasteiger partial charge in [-0.05, 0) is 68.3 Å². The molecule has 186 valence electrons. The molecule has 1 aliphatic rings. The number of nitrogens with one attached hydrogen (secondary N) is 1. The molecule has 1 saturated heterocycles. The number of carbonyl (C=O) groups is 2. The molecule has 1 fully saturated rings. The first-order valence-electron chi connectivity index (χ1n) is 11.6. The van der Waals surface area contributed by atoms with Crippen molar-refractivity contribution in [1.29, 1.82) is 0 Å². The van der Waals surface area contributed by atoms with E-state index < -0.39 is 5.91 Å². The van der Waals surface area contributed by atoms with E-state index in [0.29, 0.717) is 23.8 Å². The zero-order valence-electron chi connectivity index (χ0n) is 19.8. The topological polar surface area (TPSA) is 107 Å². The van der Waals surface area contributed by atoms with Crippen molar-refractivity contribution in [2.75, 3.05) is 18.0 Å². The normalized spacial score (nSPS) is 15.5. The summed E-state index contributed by atoms with van der Waals surface area (Å²) in [6.45, 7) is 3.15. The number of rotatable bonds is 8. The van der Waals surface area contributed by atoms with Crippen LogP contribution in [0.2, 0.25) is 0 Å². The van der Waals surface area contributed by atoms with Crippen LogP contribution >= 0.6 is 0 Å². The SMILES string of the molecule is C/C=C/C(=O)NC1CCCN(c2cnc(Oc3ccc(Oc4cccc(F)c4)cc3)c(C(N)=O)c2)C1. The van der Waals surface area contributed by atoms with Crippen LogP contribution in [0.3, 0.4) is 0 Å². The number of primary amides is 1. The predicted octanol–water partition coefficient (Wildman–Crippen LogP) is 4.57. The van der Waals surface area contributed by atoms with Gasteiger partial charge in [0.15, 0.2) is 0 Å². The van der Waals surface area contributed by atoms with Gasteiger partial charge in [0.2, 0.25) is 11.8 Å². The number of ether oxygens (including phenoxy) is 2. The van der Waals surface area contributed by atoms with Crippen LogP contribution in [0.4, 0.5) is 10.1 Å². The van der Waals surface area contributed by atoms with Gasteiger partial charge in [0.1, 0.15) is 28.6 Å². The molecule has 2 heterocycles. The molecule has 36 heavy (non-hydrogen) atoms. The van der Waals surface area contributed by atoms with Gasteiger partial charge >= 0.3 is 0 Å². The van der Waals surface area contributed by atoms with Crippen molar-refractivity contribution in [2.45, 2.75) is 25.8 Å². The van der Waals surface area contributed by atoms with E-state index >= 15 is 0 Å². The lowest BCUT2D eigenvalue weighted by Gasteiger charge is -2.34. The number of anilines is 1. The van der Waals surface area contributed by atoms with Crippen LogP contribution in [0.25, 0.3) is 0 Å². The fraction of sp³-hybridized carbons (Fsp3) is 0.222. The van der Waals surface area contributed by atoms with Gasteiger partial charge in [-0.15, -0.1) is 0 Å². The number of nitrogens with zero attached hydrogens (tertiary/aromatic N) is 2. The fourth-order valence-corrected chi connectivity index (χ4v) is 3.96. The molecule has 0 aliphatic carbocycles. The van der Waals surface area contributed by atoms with Gasteiger partial charge in [0.05, 0.1) is 11.9 Å². The van der Waals surface area contributed by atoms with Gasteiger partial charge in [-0.2, -0.15) is 0 Å². The van der Waals surface area contributed by atoms with Crippen molar-refractivity contribution >= 4 is 17.5 Å². The summed E-state index contributed by atoms with van der Waals surface area (Å²) in [6, 6.07) is 14.1. The van der Waals surface area contributed by atoms with Crippen LogP contribution in [0.1, 0.15) is 30.1 Å². The average Bonchev–Trinajstić information content (AvgIpc) is 2.86. The van der Waals surface area contributed by atoms with Crippen molar-refractivity contribution in [2.24, 2.45) is 5.73 Å². The molecular weight excluding hydrogens is 463 g/mol. The van der Waals surface area contributed by atoms with Gasteiger partial charge in [-0.3, -0.25) is 9.59 Å². The number of amides is 2. The Hall–Kier alpha value is -4.40. The number of hydrogen-bond donors (Lipinski definition) is 2. The molecular formula is C27H27FN4O4. The number of aromatic nitrogens is 1. The summed E-state index contributed by atoms with van der Waals surface area (Å²) in [6.07, 6.45) is 6.57. The smallest absolute Gasteiger partial charge is 0.254 e. The Morgan fingerprint density at radius 2 is 1.86 bits per heavy atom. The van der Waals surface area contributed by atoms with Crippen LogP contribution in [-0.4, -0.2) is 35.9 Å². The Morgan fingerprint density at radius 1 is 1.11 bits per heavy atom. The maximum atomic E-state index is 13.4. The third-order valence-electron chi connectivity index (χ3n) is 5.62. The van der Waals surface area contributed by atoms with Crippen LogP contribution < -0.4 is 25.4 Å². The summed E-state index contributed by atoms with van der Waals surface area (Å²) in [5, 5.41) is 2.99. The minimum absolute atomic E-state index is 0.0106. The summed E-state index contributed by atoms with van der Waals surface area (Å²) in [4.78, 5) is 30.5. The first-order chi connectivity index (χ1) is 17.4. The van der Waals surface area contributed by atoms with E-state index in [1.807, 2.05) is 0 Å². The standard InChI is InChI=1S/C27H27FN4O4/c1-2-5-25(33)31-19-7-4-13-32(17-19)20-15-24(26(29)34)27(30-16-20)36-22-11-9-21(10-12-22)35-23-8-3-6-18(28)14-23/h2-3,5-6,8-12,14-16,19H,4,7,13,17H2,1H3,(H2,29,34)(H,31,33)/b5-2+. The van der Waals surface area contributed by atoms with E-state index in [9.17, 15) is 14.0 Å². The van der Waals surface area contributed by atoms with Crippen molar-refractivity contribution in [1.82, 2.24) is 10.3 Å². The maximum Gasteiger partial charge on any atom is 0.254 e. The molecule has 2 aromatic carbocycles. The second-order valence-electron chi connectivity index (χ2n) is 8.34. The first kappa shape index (κ1) is 24.7. The predicted molar refractivity (Wildman–Crippen MR) is 134 cm³/mol. The lowest BCUT2D eigenvalue weighted by atomic mass is 10.0. The van der Waals surface area contributed by atoms with Crippen molar-refractivity contribution in [3.63, 3.8) is 0 Å². The molecule has 8 nitrogen and oxygen atoms in total. The van der Waals surface area contributed by atoms with Crippen molar-refractivity contribution < 1.29 is 23.5 Å². The van der Waals surface area contributed by atoms with Gasteiger partial charge < -0.3 is 25.4 Å². The van der Waals surface area contributed by atoms with Gasteiger partial charge in [0, 0.05) is 25.2 Å². The molecule has 9 heteroatoms. The van der Waals surface area contributed by atoms with E-state index in [-0.39, 0.29) is 29.2 Å². The fourth-order valence-electron chi connectivity index (χ4n) is 3.96. The highest BCUT2D eigenvalue weighted by Gasteiger charge is 2.23. The highest BCUT2D eigenvalue weighted by molar-refractivity contribution is 5.96. The Bertz CT molecular complexity index is 1260. The Kier molecular flexibility index (Phi) is 7.79. The lowest BCUT2D eigenvalue weighted by molar-refractivity contribution is -0.117. The number of hydrogen-bond acceptors (Lipinski definition) is 6. The van der Waals surface area contributed by atoms with Crippen molar-refractivity contribution in [3.8, 4) is 23.1 Å². The highest BCUT2D eigenvalue weighted by Crippen LogP contribution is 2.30. The molecule has 2 amide bonds. The number of piperidine rings is 1. The van der Waals surface area contributed by atoms with Crippen LogP contribution in [0, 0.1) is 5.82 Å². The number of nitrogens with two attached hydrogens (primary N) is 1. The number of halogens is 1. The molecule has 1 atom stereocenters. The molecule has 1 unspecified atom stereocenters. The first-order valence-corrected chi connectivity index (χ1v) is 11.6. The third kappa shape index (κ3) is 6.38. The van der Waals surface area contributed by atoms with E-state index in [2.05, 4.69) is 15.2 Å². The van der Waals surface area contributed by atoms with Gasteiger partial charge in [-0.1, -0.05) is 12.1 Å². The molecule has 3 N–H and O–H groups in total.